The van der Waals surface area contributed by atoms with Gasteiger partial charge in [0.15, 0.2) is 6.10 Å². The number of rotatable bonds is 40. The predicted octanol–water partition coefficient (Wildman–Crippen LogP) is 15.1. The van der Waals surface area contributed by atoms with Gasteiger partial charge in [-0.3, -0.25) is 9.59 Å². The van der Waals surface area contributed by atoms with E-state index in [2.05, 4.69) is 118 Å². The fourth-order valence-corrected chi connectivity index (χ4v) is 5.82. The summed E-state index contributed by atoms with van der Waals surface area (Å²) in [7, 11) is 0. The second-order valence-electron chi connectivity index (χ2n) is 14.5. The highest BCUT2D eigenvalue weighted by Gasteiger charge is 2.17. The third kappa shape index (κ3) is 43.5. The number of allylic oxidation sites excluding steroid dienone is 15. The van der Waals surface area contributed by atoms with Gasteiger partial charge in [-0.05, 0) is 83.5 Å². The van der Waals surface area contributed by atoms with E-state index in [-0.39, 0.29) is 25.2 Å². The molecule has 1 atom stereocenters. The molecule has 5 heteroatoms. The van der Waals surface area contributed by atoms with Gasteiger partial charge in [0.25, 0.3) is 0 Å². The van der Waals surface area contributed by atoms with Crippen LogP contribution >= 0.6 is 0 Å². The third-order valence-electron chi connectivity index (χ3n) is 9.13. The zero-order valence-corrected chi connectivity index (χ0v) is 36.4. The molecule has 0 fully saturated rings. The topological polar surface area (TPSA) is 61.8 Å². The summed E-state index contributed by atoms with van der Waals surface area (Å²) >= 11 is 0. The number of hydrogen-bond acceptors (Lipinski definition) is 5. The number of carbonyl (C=O) groups excluding carboxylic acids is 2. The van der Waals surface area contributed by atoms with Gasteiger partial charge in [0.1, 0.15) is 6.61 Å². The van der Waals surface area contributed by atoms with Gasteiger partial charge in [0.05, 0.1) is 13.2 Å². The van der Waals surface area contributed by atoms with E-state index in [1.54, 1.807) is 0 Å². The molecular weight excluding hydrogens is 693 g/mol. The summed E-state index contributed by atoms with van der Waals surface area (Å²) in [5.41, 5.74) is 0. The Balaban J connectivity index is 4.38. The van der Waals surface area contributed by atoms with Gasteiger partial charge >= 0.3 is 11.9 Å². The summed E-state index contributed by atoms with van der Waals surface area (Å²) in [5.74, 6) is -0.466. The molecule has 0 bridgehead atoms. The van der Waals surface area contributed by atoms with Crippen molar-refractivity contribution in [1.82, 2.24) is 0 Å². The van der Waals surface area contributed by atoms with Crippen LogP contribution in [0.1, 0.15) is 188 Å². The van der Waals surface area contributed by atoms with Gasteiger partial charge in [-0.1, -0.05) is 189 Å². The normalized spacial score (nSPS) is 13.1. The first-order chi connectivity index (χ1) is 27.6. The molecule has 0 aliphatic heterocycles. The molecule has 0 radical (unpaired) electrons. The Labute approximate surface area is 345 Å². The monoisotopic (exact) mass is 777 g/mol. The molecule has 0 amide bonds. The molecule has 5 nitrogen and oxygen atoms in total. The lowest BCUT2D eigenvalue weighted by atomic mass is 10.1. The Morgan fingerprint density at radius 1 is 0.411 bits per heavy atom. The predicted molar refractivity (Wildman–Crippen MR) is 242 cm³/mol. The molecule has 0 aromatic heterocycles. The van der Waals surface area contributed by atoms with E-state index in [1.165, 1.54) is 51.4 Å². The van der Waals surface area contributed by atoms with Crippen molar-refractivity contribution in [3.8, 4) is 0 Å². The average molecular weight is 777 g/mol. The second kappa shape index (κ2) is 46.2. The Kier molecular flexibility index (Phi) is 43.6. The first kappa shape index (κ1) is 52.8. The van der Waals surface area contributed by atoms with Crippen molar-refractivity contribution in [3.05, 3.63) is 97.2 Å². The van der Waals surface area contributed by atoms with Crippen LogP contribution in [0.25, 0.3) is 0 Å². The zero-order chi connectivity index (χ0) is 40.7. The number of esters is 2. The van der Waals surface area contributed by atoms with E-state index in [0.717, 1.165) is 103 Å². The molecule has 318 valence electrons. The summed E-state index contributed by atoms with van der Waals surface area (Å²) in [6.45, 7) is 7.34. The molecule has 0 aliphatic carbocycles. The van der Waals surface area contributed by atoms with Crippen molar-refractivity contribution < 1.29 is 23.8 Å². The summed E-state index contributed by atoms with van der Waals surface area (Å²) in [4.78, 5) is 25.2. The van der Waals surface area contributed by atoms with Crippen LogP contribution in [-0.2, 0) is 23.8 Å². The summed E-state index contributed by atoms with van der Waals surface area (Å²) in [6.07, 6.45) is 61.4. The molecule has 1 unspecified atom stereocenters. The minimum atomic E-state index is -0.584. The minimum Gasteiger partial charge on any atom is -0.462 e. The van der Waals surface area contributed by atoms with Crippen molar-refractivity contribution in [2.45, 2.75) is 194 Å². The lowest BCUT2D eigenvalue weighted by Gasteiger charge is -2.18. The van der Waals surface area contributed by atoms with Crippen molar-refractivity contribution in [3.63, 3.8) is 0 Å². The largest absolute Gasteiger partial charge is 0.462 e. The van der Waals surface area contributed by atoms with Gasteiger partial charge in [-0.25, -0.2) is 0 Å². The first-order valence-corrected chi connectivity index (χ1v) is 22.8. The zero-order valence-electron chi connectivity index (χ0n) is 36.4. The molecule has 56 heavy (non-hydrogen) atoms. The maximum absolute atomic E-state index is 12.7. The second-order valence-corrected chi connectivity index (χ2v) is 14.5. The van der Waals surface area contributed by atoms with E-state index in [0.29, 0.717) is 19.4 Å². The maximum atomic E-state index is 12.7. The lowest BCUT2D eigenvalue weighted by molar-refractivity contribution is -0.162. The molecule has 0 rings (SSSR count). The summed E-state index contributed by atoms with van der Waals surface area (Å²) < 4.78 is 17.2. The van der Waals surface area contributed by atoms with E-state index < -0.39 is 6.10 Å². The van der Waals surface area contributed by atoms with Gasteiger partial charge in [-0.15, -0.1) is 0 Å². The van der Waals surface area contributed by atoms with E-state index in [4.69, 9.17) is 14.2 Å². The smallest absolute Gasteiger partial charge is 0.306 e. The molecule has 0 N–H and O–H groups in total. The molecule has 0 aromatic carbocycles. The molecule has 0 saturated heterocycles. The first-order valence-electron chi connectivity index (χ1n) is 22.8. The van der Waals surface area contributed by atoms with Crippen molar-refractivity contribution in [2.24, 2.45) is 0 Å². The van der Waals surface area contributed by atoms with Crippen LogP contribution < -0.4 is 0 Å². The Bertz CT molecular complexity index is 1110. The van der Waals surface area contributed by atoms with Crippen molar-refractivity contribution >= 4 is 11.9 Å². The fourth-order valence-electron chi connectivity index (χ4n) is 5.82. The highest BCUT2D eigenvalue weighted by Crippen LogP contribution is 2.12. The number of hydrogen-bond donors (Lipinski definition) is 0. The molecule has 0 aromatic rings. The van der Waals surface area contributed by atoms with Crippen LogP contribution in [0.2, 0.25) is 0 Å². The maximum Gasteiger partial charge on any atom is 0.306 e. The van der Waals surface area contributed by atoms with Crippen molar-refractivity contribution in [2.75, 3.05) is 19.8 Å². The highest BCUT2D eigenvalue weighted by molar-refractivity contribution is 5.70. The molecule has 0 aliphatic rings. The third-order valence-corrected chi connectivity index (χ3v) is 9.13. The van der Waals surface area contributed by atoms with Crippen LogP contribution in [0.3, 0.4) is 0 Å². The van der Waals surface area contributed by atoms with Crippen LogP contribution in [0.15, 0.2) is 97.2 Å². The van der Waals surface area contributed by atoms with Crippen molar-refractivity contribution in [1.29, 1.82) is 0 Å². The highest BCUT2D eigenvalue weighted by atomic mass is 16.6. The van der Waals surface area contributed by atoms with E-state index in [1.807, 2.05) is 0 Å². The number of unbranched alkanes of at least 4 members (excludes halogenated alkanes) is 13. The van der Waals surface area contributed by atoms with E-state index in [9.17, 15) is 9.59 Å². The van der Waals surface area contributed by atoms with Crippen LogP contribution in [0.5, 0.6) is 0 Å². The van der Waals surface area contributed by atoms with Crippen LogP contribution in [0, 0.1) is 0 Å². The SMILES string of the molecule is CC/C=C\C/C=C\C/C=C\C/C=C\C/C=C\CCOCC(COC(=O)CCCCCCC/C=C\C/C=C\C/C=C\CC)OC(=O)CCCCCCCCCCC. The van der Waals surface area contributed by atoms with Gasteiger partial charge in [0.2, 0.25) is 0 Å². The molecular formula is C51H84O5. The Hall–Kier alpha value is -3.18. The fraction of sp³-hybridized carbons (Fsp3) is 0.647. The lowest BCUT2D eigenvalue weighted by Crippen LogP contribution is -2.30. The molecule has 0 heterocycles. The van der Waals surface area contributed by atoms with Crippen LogP contribution in [-0.4, -0.2) is 37.9 Å². The van der Waals surface area contributed by atoms with Gasteiger partial charge in [0, 0.05) is 12.8 Å². The summed E-state index contributed by atoms with van der Waals surface area (Å²) in [6, 6.07) is 0. The van der Waals surface area contributed by atoms with Crippen LogP contribution in [0.4, 0.5) is 0 Å². The standard InChI is InChI=1S/C51H84O5/c1-4-7-10-13-16-19-21-23-25-27-29-31-34-37-40-43-46-54-47-49(56-51(53)45-42-39-36-32-18-15-12-9-6-3)48-55-50(52)44-41-38-35-33-30-28-26-24-22-20-17-14-11-8-5-2/h7-8,10-11,16-17,19-20,23-26,29,31,37,40,49H,4-6,9,12-15,18,21-22,27-28,30,32-36,38-39,41-48H2,1-3H3/b10-7-,11-8-,19-16-,20-17-,25-23-,26-24-,31-29-,40-37-. The molecule has 0 spiro atoms. The minimum absolute atomic E-state index is 0.0426. The quantitative estimate of drug-likeness (QED) is 0.0352. The Morgan fingerprint density at radius 2 is 0.804 bits per heavy atom. The summed E-state index contributed by atoms with van der Waals surface area (Å²) in [5, 5.41) is 0. The van der Waals surface area contributed by atoms with Gasteiger partial charge in [-0.2, -0.15) is 0 Å². The molecule has 0 saturated carbocycles. The number of carbonyl (C=O) groups is 2. The number of ether oxygens (including phenoxy) is 3. The average Bonchev–Trinajstić information content (AvgIpc) is 3.20. The van der Waals surface area contributed by atoms with Gasteiger partial charge < -0.3 is 14.2 Å². The Morgan fingerprint density at radius 3 is 1.29 bits per heavy atom. The van der Waals surface area contributed by atoms with E-state index >= 15 is 0 Å².